The minimum Gasteiger partial charge on any atom is -0.366 e. The van der Waals surface area contributed by atoms with Gasteiger partial charge in [0.05, 0.1) is 11.3 Å². The first-order valence-electron chi connectivity index (χ1n) is 6.87. The Kier molecular flexibility index (Phi) is 3.18. The van der Waals surface area contributed by atoms with Crippen LogP contribution in [0.15, 0.2) is 42.5 Å². The Hall–Kier alpha value is -2.29. The molecule has 1 heterocycles. The van der Waals surface area contributed by atoms with Gasteiger partial charge >= 0.3 is 0 Å². The molecule has 2 aromatic rings. The minimum absolute atomic E-state index is 0.362. The summed E-state index contributed by atoms with van der Waals surface area (Å²) in [5, 5.41) is 0. The van der Waals surface area contributed by atoms with Crippen LogP contribution in [0.25, 0.3) is 0 Å². The topological polar surface area (TPSA) is 46.3 Å². The van der Waals surface area contributed by atoms with Crippen LogP contribution in [-0.2, 0) is 13.0 Å². The molecule has 2 N–H and O–H groups in total. The van der Waals surface area contributed by atoms with Crippen molar-refractivity contribution in [1.82, 2.24) is 0 Å². The molecule has 0 aromatic heterocycles. The molecule has 1 aliphatic rings. The van der Waals surface area contributed by atoms with Crippen molar-refractivity contribution in [2.24, 2.45) is 5.73 Å². The third-order valence-corrected chi connectivity index (χ3v) is 3.89. The van der Waals surface area contributed by atoms with Gasteiger partial charge in [0.15, 0.2) is 0 Å². The molecular weight excluding hydrogens is 248 g/mol. The number of anilines is 1. The van der Waals surface area contributed by atoms with Gasteiger partial charge in [0.25, 0.3) is 5.91 Å². The number of carbonyl (C=O) groups excluding carboxylic acids is 1. The molecule has 0 saturated heterocycles. The predicted molar refractivity (Wildman–Crippen MR) is 80.9 cm³/mol. The molecule has 0 saturated carbocycles. The molecule has 2 aromatic carbocycles. The maximum absolute atomic E-state index is 11.6. The molecule has 1 aliphatic heterocycles. The Labute approximate surface area is 119 Å². The maximum atomic E-state index is 11.6. The van der Waals surface area contributed by atoms with Gasteiger partial charge in [0, 0.05) is 13.1 Å². The Balaban J connectivity index is 1.99. The van der Waals surface area contributed by atoms with Crippen molar-refractivity contribution in [2.75, 3.05) is 11.4 Å². The van der Waals surface area contributed by atoms with E-state index >= 15 is 0 Å². The van der Waals surface area contributed by atoms with Crippen LogP contribution in [0.4, 0.5) is 5.69 Å². The number of rotatable bonds is 2. The fourth-order valence-corrected chi connectivity index (χ4v) is 2.81. The van der Waals surface area contributed by atoms with E-state index in [-0.39, 0.29) is 5.91 Å². The van der Waals surface area contributed by atoms with E-state index in [1.165, 1.54) is 11.1 Å². The van der Waals surface area contributed by atoms with Crippen LogP contribution in [-0.4, -0.2) is 12.5 Å². The summed E-state index contributed by atoms with van der Waals surface area (Å²) < 4.78 is 0. The van der Waals surface area contributed by atoms with E-state index in [2.05, 4.69) is 29.2 Å². The molecule has 20 heavy (non-hydrogen) atoms. The van der Waals surface area contributed by atoms with E-state index in [1.54, 1.807) is 0 Å². The van der Waals surface area contributed by atoms with Crippen LogP contribution in [0.3, 0.4) is 0 Å². The number of nitrogens with zero attached hydrogens (tertiary/aromatic N) is 1. The predicted octanol–water partition coefficient (Wildman–Crippen LogP) is 2.66. The molecule has 3 heteroatoms. The lowest BCUT2D eigenvalue weighted by Gasteiger charge is -2.32. The first-order valence-corrected chi connectivity index (χ1v) is 6.87. The summed E-state index contributed by atoms with van der Waals surface area (Å²) in [6, 6.07) is 14.3. The van der Waals surface area contributed by atoms with Crippen molar-refractivity contribution in [1.29, 1.82) is 0 Å². The van der Waals surface area contributed by atoms with Crippen LogP contribution >= 0.6 is 0 Å². The number of primary amides is 1. The smallest absolute Gasteiger partial charge is 0.250 e. The van der Waals surface area contributed by atoms with Gasteiger partial charge < -0.3 is 10.6 Å². The van der Waals surface area contributed by atoms with E-state index < -0.39 is 0 Å². The third kappa shape index (κ3) is 2.27. The van der Waals surface area contributed by atoms with Gasteiger partial charge in [-0.3, -0.25) is 4.79 Å². The highest BCUT2D eigenvalue weighted by atomic mass is 16.1. The van der Waals surface area contributed by atoms with Gasteiger partial charge in [-0.25, -0.2) is 0 Å². The number of hydrogen-bond donors (Lipinski definition) is 1. The zero-order chi connectivity index (χ0) is 14.1. The lowest BCUT2D eigenvalue weighted by atomic mass is 9.98. The molecule has 0 fully saturated rings. The van der Waals surface area contributed by atoms with Gasteiger partial charge in [0.1, 0.15) is 0 Å². The molecule has 3 nitrogen and oxygen atoms in total. The van der Waals surface area contributed by atoms with Gasteiger partial charge in [0.2, 0.25) is 0 Å². The first kappa shape index (κ1) is 12.7. The van der Waals surface area contributed by atoms with Crippen LogP contribution in [0.2, 0.25) is 0 Å². The highest BCUT2D eigenvalue weighted by Gasteiger charge is 2.20. The maximum Gasteiger partial charge on any atom is 0.250 e. The second kappa shape index (κ2) is 5.00. The molecular formula is C17H18N2O. The first-order chi connectivity index (χ1) is 9.65. The van der Waals surface area contributed by atoms with Crippen LogP contribution in [0.5, 0.6) is 0 Å². The number of carbonyl (C=O) groups is 1. The third-order valence-electron chi connectivity index (χ3n) is 3.89. The standard InChI is InChI=1S/C17H18N2O/c1-12-6-7-15(17(18)20)16(10-12)19-9-8-13-4-2-3-5-14(13)11-19/h2-7,10H,8-9,11H2,1H3,(H2,18,20). The molecule has 102 valence electrons. The summed E-state index contributed by atoms with van der Waals surface area (Å²) in [6.45, 7) is 3.78. The van der Waals surface area contributed by atoms with Gasteiger partial charge in [-0.05, 0) is 42.2 Å². The van der Waals surface area contributed by atoms with Crippen molar-refractivity contribution >= 4 is 11.6 Å². The van der Waals surface area contributed by atoms with Crippen molar-refractivity contribution in [3.8, 4) is 0 Å². The lowest BCUT2D eigenvalue weighted by molar-refractivity contribution is 0.100. The summed E-state index contributed by atoms with van der Waals surface area (Å²) in [4.78, 5) is 13.9. The number of nitrogens with two attached hydrogens (primary N) is 1. The Morgan fingerprint density at radius 2 is 1.90 bits per heavy atom. The van der Waals surface area contributed by atoms with Crippen LogP contribution in [0.1, 0.15) is 27.0 Å². The van der Waals surface area contributed by atoms with Crippen molar-refractivity contribution in [2.45, 2.75) is 19.9 Å². The van der Waals surface area contributed by atoms with E-state index in [0.717, 1.165) is 30.8 Å². The Morgan fingerprint density at radius 3 is 2.65 bits per heavy atom. The quantitative estimate of drug-likeness (QED) is 0.908. The van der Waals surface area contributed by atoms with Gasteiger partial charge in [-0.2, -0.15) is 0 Å². The largest absolute Gasteiger partial charge is 0.366 e. The summed E-state index contributed by atoms with van der Waals surface area (Å²) in [6.07, 6.45) is 1.00. The van der Waals surface area contributed by atoms with Crippen molar-refractivity contribution in [3.63, 3.8) is 0 Å². The summed E-state index contributed by atoms with van der Waals surface area (Å²) >= 11 is 0. The number of fused-ring (bicyclic) bond motifs is 1. The molecule has 0 unspecified atom stereocenters. The normalized spacial score (nSPS) is 13.9. The van der Waals surface area contributed by atoms with Crippen LogP contribution in [0, 0.1) is 6.92 Å². The molecule has 0 bridgehead atoms. The average molecular weight is 266 g/mol. The Bertz CT molecular complexity index is 664. The van der Waals surface area contributed by atoms with E-state index in [0.29, 0.717) is 5.56 Å². The molecule has 0 aliphatic carbocycles. The molecule has 1 amide bonds. The van der Waals surface area contributed by atoms with E-state index in [1.807, 2.05) is 25.1 Å². The lowest BCUT2D eigenvalue weighted by Crippen LogP contribution is -2.32. The molecule has 3 rings (SSSR count). The number of aryl methyl sites for hydroxylation is 1. The Morgan fingerprint density at radius 1 is 1.15 bits per heavy atom. The van der Waals surface area contributed by atoms with E-state index in [9.17, 15) is 4.79 Å². The second-order valence-electron chi connectivity index (χ2n) is 5.33. The fraction of sp³-hybridized carbons (Fsp3) is 0.235. The highest BCUT2D eigenvalue weighted by Crippen LogP contribution is 2.28. The number of amides is 1. The van der Waals surface area contributed by atoms with E-state index in [4.69, 9.17) is 5.73 Å². The highest BCUT2D eigenvalue weighted by molar-refractivity contribution is 5.98. The number of hydrogen-bond acceptors (Lipinski definition) is 2. The van der Waals surface area contributed by atoms with Crippen LogP contribution < -0.4 is 10.6 Å². The number of benzene rings is 2. The fourth-order valence-electron chi connectivity index (χ4n) is 2.81. The summed E-state index contributed by atoms with van der Waals surface area (Å²) in [7, 11) is 0. The minimum atomic E-state index is -0.362. The average Bonchev–Trinajstić information content (AvgIpc) is 2.46. The zero-order valence-corrected chi connectivity index (χ0v) is 11.6. The molecule has 0 radical (unpaired) electrons. The van der Waals surface area contributed by atoms with Crippen molar-refractivity contribution in [3.05, 3.63) is 64.7 Å². The summed E-state index contributed by atoms with van der Waals surface area (Å²) in [5.41, 5.74) is 10.9. The second-order valence-corrected chi connectivity index (χ2v) is 5.33. The van der Waals surface area contributed by atoms with Gasteiger partial charge in [-0.1, -0.05) is 30.3 Å². The summed E-state index contributed by atoms with van der Waals surface area (Å²) in [5.74, 6) is -0.362. The van der Waals surface area contributed by atoms with Crippen molar-refractivity contribution < 1.29 is 4.79 Å². The zero-order valence-electron chi connectivity index (χ0n) is 11.6. The monoisotopic (exact) mass is 266 g/mol. The molecule has 0 atom stereocenters. The van der Waals surface area contributed by atoms with Gasteiger partial charge in [-0.15, -0.1) is 0 Å². The molecule has 0 spiro atoms. The SMILES string of the molecule is Cc1ccc(C(N)=O)c(N2CCc3ccccc3C2)c1.